The molecule has 78 valence electrons. The van der Waals surface area contributed by atoms with Gasteiger partial charge in [0, 0.05) is 26.1 Å². The first-order chi connectivity index (χ1) is 6.74. The highest BCUT2D eigenvalue weighted by atomic mass is 16.3. The molecule has 0 spiro atoms. The summed E-state index contributed by atoms with van der Waals surface area (Å²) in [7, 11) is 0. The van der Waals surface area contributed by atoms with E-state index in [2.05, 4.69) is 11.0 Å². The third-order valence-corrected chi connectivity index (χ3v) is 3.53. The van der Waals surface area contributed by atoms with Gasteiger partial charge in [-0.3, -0.25) is 0 Å². The molecule has 1 aliphatic heterocycles. The normalized spacial score (nSPS) is 27.1. The largest absolute Gasteiger partial charge is 0.393 e. The fourth-order valence-corrected chi connectivity index (χ4v) is 2.29. The van der Waals surface area contributed by atoms with Crippen LogP contribution in [0.25, 0.3) is 0 Å². The van der Waals surface area contributed by atoms with Crippen molar-refractivity contribution in [3.63, 3.8) is 0 Å². The van der Waals surface area contributed by atoms with E-state index < -0.39 is 0 Å². The highest BCUT2D eigenvalue weighted by Gasteiger charge is 2.43. The lowest BCUT2D eigenvalue weighted by Crippen LogP contribution is -2.39. The number of likely N-dealkylation sites (tertiary alicyclic amines) is 1. The number of hydrogen-bond donors (Lipinski definition) is 1. The Labute approximate surface area is 85.3 Å². The summed E-state index contributed by atoms with van der Waals surface area (Å²) >= 11 is 0. The molecule has 0 aromatic heterocycles. The van der Waals surface area contributed by atoms with Crippen molar-refractivity contribution >= 4 is 0 Å². The van der Waals surface area contributed by atoms with E-state index in [1.807, 2.05) is 0 Å². The van der Waals surface area contributed by atoms with Gasteiger partial charge in [-0.25, -0.2) is 0 Å². The Morgan fingerprint density at radius 1 is 1.36 bits per heavy atom. The van der Waals surface area contributed by atoms with Gasteiger partial charge in [0.1, 0.15) is 0 Å². The van der Waals surface area contributed by atoms with E-state index in [1.54, 1.807) is 0 Å². The van der Waals surface area contributed by atoms with Crippen molar-refractivity contribution in [2.75, 3.05) is 19.6 Å². The van der Waals surface area contributed by atoms with Crippen LogP contribution in [0.15, 0.2) is 0 Å². The van der Waals surface area contributed by atoms with Crippen LogP contribution in [0, 0.1) is 16.7 Å². The summed E-state index contributed by atoms with van der Waals surface area (Å²) in [6.45, 7) is 3.09. The van der Waals surface area contributed by atoms with Gasteiger partial charge < -0.3 is 10.0 Å². The van der Waals surface area contributed by atoms with E-state index in [0.717, 1.165) is 32.5 Å². The molecule has 1 saturated heterocycles. The Morgan fingerprint density at radius 2 is 2.00 bits per heavy atom. The van der Waals surface area contributed by atoms with Crippen molar-refractivity contribution in [3.8, 4) is 6.07 Å². The molecule has 0 aromatic carbocycles. The molecule has 0 radical (unpaired) electrons. The summed E-state index contributed by atoms with van der Waals surface area (Å²) in [6, 6.07) is 2.29. The van der Waals surface area contributed by atoms with Gasteiger partial charge >= 0.3 is 0 Å². The SMILES string of the molecule is N#CCC1(CN2CCC(O)CC2)CC1. The highest BCUT2D eigenvalue weighted by molar-refractivity contribution is 5.01. The summed E-state index contributed by atoms with van der Waals surface area (Å²) in [5.74, 6) is 0. The first-order valence-electron chi connectivity index (χ1n) is 5.51. The van der Waals surface area contributed by atoms with Gasteiger partial charge in [0.25, 0.3) is 0 Å². The second kappa shape index (κ2) is 3.88. The summed E-state index contributed by atoms with van der Waals surface area (Å²) < 4.78 is 0. The molecule has 3 heteroatoms. The van der Waals surface area contributed by atoms with Crippen LogP contribution in [0.4, 0.5) is 0 Å². The van der Waals surface area contributed by atoms with Crippen LogP contribution in [0.5, 0.6) is 0 Å². The van der Waals surface area contributed by atoms with Gasteiger partial charge in [0.2, 0.25) is 0 Å². The third kappa shape index (κ3) is 2.26. The number of rotatable bonds is 3. The van der Waals surface area contributed by atoms with Crippen molar-refractivity contribution < 1.29 is 5.11 Å². The zero-order valence-corrected chi connectivity index (χ0v) is 8.58. The monoisotopic (exact) mass is 194 g/mol. The topological polar surface area (TPSA) is 47.3 Å². The van der Waals surface area contributed by atoms with Crippen LogP contribution < -0.4 is 0 Å². The molecule has 1 N–H and O–H groups in total. The summed E-state index contributed by atoms with van der Waals surface area (Å²) in [6.07, 6.45) is 4.88. The maximum atomic E-state index is 9.37. The minimum Gasteiger partial charge on any atom is -0.393 e. The number of aliphatic hydroxyl groups is 1. The smallest absolute Gasteiger partial charge is 0.0628 e. The number of nitrogens with zero attached hydrogens (tertiary/aromatic N) is 2. The first kappa shape index (κ1) is 9.95. The summed E-state index contributed by atoms with van der Waals surface area (Å²) in [5, 5.41) is 18.1. The molecule has 14 heavy (non-hydrogen) atoms. The Morgan fingerprint density at radius 3 is 2.50 bits per heavy atom. The molecular formula is C11H18N2O. The number of piperidine rings is 1. The molecule has 0 aromatic rings. The number of hydrogen-bond acceptors (Lipinski definition) is 3. The van der Waals surface area contributed by atoms with Crippen LogP contribution in [0.1, 0.15) is 32.1 Å². The second-order valence-corrected chi connectivity index (χ2v) is 4.84. The molecule has 3 nitrogen and oxygen atoms in total. The van der Waals surface area contributed by atoms with Crippen molar-refractivity contribution in [1.29, 1.82) is 5.26 Å². The van der Waals surface area contributed by atoms with E-state index in [9.17, 15) is 5.11 Å². The fraction of sp³-hybridized carbons (Fsp3) is 0.909. The van der Waals surface area contributed by atoms with Crippen molar-refractivity contribution in [2.45, 2.75) is 38.2 Å². The highest BCUT2D eigenvalue weighted by Crippen LogP contribution is 2.49. The molecule has 2 rings (SSSR count). The lowest BCUT2D eigenvalue weighted by molar-refractivity contribution is 0.0725. The molecular weight excluding hydrogens is 176 g/mol. The fourth-order valence-electron chi connectivity index (χ4n) is 2.29. The maximum Gasteiger partial charge on any atom is 0.0628 e. The van der Waals surface area contributed by atoms with Crippen molar-refractivity contribution in [2.24, 2.45) is 5.41 Å². The van der Waals surface area contributed by atoms with Crippen LogP contribution in [0.3, 0.4) is 0 Å². The first-order valence-corrected chi connectivity index (χ1v) is 5.51. The average Bonchev–Trinajstić information content (AvgIpc) is 2.90. The van der Waals surface area contributed by atoms with Gasteiger partial charge in [-0.15, -0.1) is 0 Å². The van der Waals surface area contributed by atoms with Gasteiger partial charge in [0.15, 0.2) is 0 Å². The Balaban J connectivity index is 1.78. The minimum atomic E-state index is -0.0858. The van der Waals surface area contributed by atoms with Crippen LogP contribution in [0.2, 0.25) is 0 Å². The lowest BCUT2D eigenvalue weighted by Gasteiger charge is -2.32. The van der Waals surface area contributed by atoms with Gasteiger partial charge in [0.05, 0.1) is 12.2 Å². The Hall–Kier alpha value is -0.590. The standard InChI is InChI=1S/C11H18N2O/c12-6-5-11(3-4-11)9-13-7-1-10(14)2-8-13/h10,14H,1-5,7-9H2. The third-order valence-electron chi connectivity index (χ3n) is 3.53. The Bertz CT molecular complexity index is 234. The van der Waals surface area contributed by atoms with Crippen LogP contribution in [-0.2, 0) is 0 Å². The van der Waals surface area contributed by atoms with Gasteiger partial charge in [-0.1, -0.05) is 0 Å². The second-order valence-electron chi connectivity index (χ2n) is 4.84. The average molecular weight is 194 g/mol. The molecule has 1 heterocycles. The van der Waals surface area contributed by atoms with Crippen LogP contribution >= 0.6 is 0 Å². The molecule has 1 aliphatic carbocycles. The predicted molar refractivity (Wildman–Crippen MR) is 53.6 cm³/mol. The van der Waals surface area contributed by atoms with Crippen LogP contribution in [-0.4, -0.2) is 35.7 Å². The predicted octanol–water partition coefficient (Wildman–Crippen LogP) is 1.14. The minimum absolute atomic E-state index is 0.0858. The summed E-state index contributed by atoms with van der Waals surface area (Å²) in [4.78, 5) is 2.41. The van der Waals surface area contributed by atoms with E-state index in [0.29, 0.717) is 11.8 Å². The molecule has 2 fully saturated rings. The molecule has 0 amide bonds. The van der Waals surface area contributed by atoms with E-state index >= 15 is 0 Å². The lowest BCUT2D eigenvalue weighted by atomic mass is 10.0. The Kier molecular flexibility index (Phi) is 2.76. The van der Waals surface area contributed by atoms with Gasteiger partial charge in [-0.2, -0.15) is 5.26 Å². The quantitative estimate of drug-likeness (QED) is 0.732. The molecule has 0 atom stereocenters. The van der Waals surface area contributed by atoms with E-state index in [1.165, 1.54) is 12.8 Å². The maximum absolute atomic E-state index is 9.37. The molecule has 0 bridgehead atoms. The van der Waals surface area contributed by atoms with Crippen molar-refractivity contribution in [1.82, 2.24) is 4.90 Å². The number of aliphatic hydroxyl groups excluding tert-OH is 1. The summed E-state index contributed by atoms with van der Waals surface area (Å²) in [5.41, 5.74) is 0.330. The molecule has 2 aliphatic rings. The van der Waals surface area contributed by atoms with E-state index in [-0.39, 0.29) is 6.10 Å². The van der Waals surface area contributed by atoms with Gasteiger partial charge in [-0.05, 0) is 31.1 Å². The van der Waals surface area contributed by atoms with E-state index in [4.69, 9.17) is 5.26 Å². The zero-order valence-electron chi connectivity index (χ0n) is 8.58. The zero-order chi connectivity index (χ0) is 10.0. The molecule has 1 saturated carbocycles. The van der Waals surface area contributed by atoms with Crippen molar-refractivity contribution in [3.05, 3.63) is 0 Å². The molecule has 0 unspecified atom stereocenters. The number of nitriles is 1.